The van der Waals surface area contributed by atoms with Gasteiger partial charge in [0.1, 0.15) is 0 Å². The monoisotopic (exact) mass is 415 g/mol. The molecule has 4 fully saturated rings. The zero-order valence-corrected chi connectivity index (χ0v) is 21.6. The third kappa shape index (κ3) is 3.82. The maximum atomic E-state index is 2.75. The highest BCUT2D eigenvalue weighted by molar-refractivity contribution is 5.11. The van der Waals surface area contributed by atoms with E-state index in [1.807, 2.05) is 0 Å². The molecule has 0 unspecified atom stereocenters. The Morgan fingerprint density at radius 3 is 2.23 bits per heavy atom. The summed E-state index contributed by atoms with van der Waals surface area (Å²) in [5.74, 6) is 6.78. The summed E-state index contributed by atoms with van der Waals surface area (Å²) in [7, 11) is 4.77. The van der Waals surface area contributed by atoms with Crippen molar-refractivity contribution < 1.29 is 0 Å². The van der Waals surface area contributed by atoms with Crippen molar-refractivity contribution in [1.29, 1.82) is 0 Å². The summed E-state index contributed by atoms with van der Waals surface area (Å²) in [5, 5.41) is 0. The lowest BCUT2D eigenvalue weighted by atomic mass is 9.43. The Balaban J connectivity index is 1.53. The molecule has 0 N–H and O–H groups in total. The molecule has 4 aliphatic rings. The van der Waals surface area contributed by atoms with Crippen molar-refractivity contribution in [2.24, 2.45) is 52.3 Å². The van der Waals surface area contributed by atoms with Crippen LogP contribution in [0.25, 0.3) is 0 Å². The Hall–Kier alpha value is -0.0400. The number of nitrogens with zero attached hydrogens (tertiary/aromatic N) is 1. The van der Waals surface area contributed by atoms with Crippen molar-refractivity contribution in [2.75, 3.05) is 14.1 Å². The van der Waals surface area contributed by atoms with Crippen molar-refractivity contribution in [3.05, 3.63) is 0 Å². The molecule has 0 bridgehead atoms. The molecule has 0 heterocycles. The molecule has 0 aliphatic heterocycles. The van der Waals surface area contributed by atoms with Gasteiger partial charge in [0.15, 0.2) is 0 Å². The highest BCUT2D eigenvalue weighted by Gasteiger charge is 2.62. The van der Waals surface area contributed by atoms with Crippen LogP contribution >= 0.6 is 0 Å². The standard InChI is InChI=1S/C29H53N/c1-20(2)11-10-12-21(3)23-14-15-24-22-19-27(30(6)7)26-13-8-9-17-28(26,4)25(22)16-18-29(23,24)5/h20-27H,8-19H2,1-7H3/t21-,22+,23-,24+,25+,26-,27-,28-,29-/m1/s1. The predicted octanol–water partition coefficient (Wildman–Crippen LogP) is 8.04. The average molecular weight is 416 g/mol. The fraction of sp³-hybridized carbons (Fsp3) is 1.00. The second-order valence-corrected chi connectivity index (χ2v) is 13.5. The largest absolute Gasteiger partial charge is 0.306 e. The van der Waals surface area contributed by atoms with Crippen molar-refractivity contribution in [1.82, 2.24) is 4.90 Å². The smallest absolute Gasteiger partial charge is 0.0126 e. The van der Waals surface area contributed by atoms with E-state index in [1.165, 1.54) is 70.6 Å². The molecule has 4 aliphatic carbocycles. The lowest BCUT2D eigenvalue weighted by Gasteiger charge is -2.63. The van der Waals surface area contributed by atoms with Gasteiger partial charge < -0.3 is 4.90 Å². The van der Waals surface area contributed by atoms with E-state index < -0.39 is 0 Å². The van der Waals surface area contributed by atoms with Crippen LogP contribution in [0.5, 0.6) is 0 Å². The van der Waals surface area contributed by atoms with Crippen LogP contribution in [0.4, 0.5) is 0 Å². The van der Waals surface area contributed by atoms with Crippen molar-refractivity contribution in [3.8, 4) is 0 Å². The molecule has 0 aromatic heterocycles. The molecule has 0 amide bonds. The maximum Gasteiger partial charge on any atom is 0.0126 e. The topological polar surface area (TPSA) is 3.24 Å². The van der Waals surface area contributed by atoms with E-state index >= 15 is 0 Å². The zero-order valence-electron chi connectivity index (χ0n) is 21.6. The van der Waals surface area contributed by atoms with Gasteiger partial charge in [0.25, 0.3) is 0 Å². The highest BCUT2D eigenvalue weighted by atomic mass is 15.1. The number of hydrogen-bond acceptors (Lipinski definition) is 1. The SMILES string of the molecule is CC(C)CCC[C@@H](C)[C@H]1CC[C@H]2[C@@H]3C[C@@H](N(C)C)[C@H]4CCCC[C@]4(C)[C@H]3CC[C@]12C. The van der Waals surface area contributed by atoms with Crippen LogP contribution in [0.15, 0.2) is 0 Å². The number of rotatable bonds is 6. The summed E-state index contributed by atoms with van der Waals surface area (Å²) in [4.78, 5) is 2.64. The first kappa shape index (κ1) is 23.1. The normalized spacial score (nSPS) is 47.1. The summed E-state index contributed by atoms with van der Waals surface area (Å²) in [5.41, 5.74) is 1.26. The van der Waals surface area contributed by atoms with E-state index in [1.54, 1.807) is 6.42 Å². The minimum absolute atomic E-state index is 0.623. The number of fused-ring (bicyclic) bond motifs is 5. The molecule has 4 rings (SSSR count). The van der Waals surface area contributed by atoms with E-state index in [0.717, 1.165) is 47.5 Å². The molecule has 1 heteroatoms. The Labute approximate surface area is 189 Å². The van der Waals surface area contributed by atoms with E-state index in [2.05, 4.69) is 53.6 Å². The lowest BCUT2D eigenvalue weighted by molar-refractivity contribution is -0.140. The Morgan fingerprint density at radius 1 is 0.800 bits per heavy atom. The summed E-state index contributed by atoms with van der Waals surface area (Å²) < 4.78 is 0. The van der Waals surface area contributed by atoms with E-state index in [9.17, 15) is 0 Å². The van der Waals surface area contributed by atoms with Crippen LogP contribution < -0.4 is 0 Å². The molecule has 0 aromatic rings. The highest BCUT2D eigenvalue weighted by Crippen LogP contribution is 2.68. The molecule has 0 spiro atoms. The quantitative estimate of drug-likeness (QED) is 0.424. The third-order valence-electron chi connectivity index (χ3n) is 11.5. The van der Waals surface area contributed by atoms with Crippen molar-refractivity contribution in [2.45, 2.75) is 118 Å². The molecule has 1 nitrogen and oxygen atoms in total. The Morgan fingerprint density at radius 2 is 1.53 bits per heavy atom. The van der Waals surface area contributed by atoms with E-state index in [-0.39, 0.29) is 0 Å². The Kier molecular flexibility index (Phi) is 6.72. The van der Waals surface area contributed by atoms with Crippen molar-refractivity contribution in [3.63, 3.8) is 0 Å². The first-order valence-corrected chi connectivity index (χ1v) is 13.8. The molecule has 4 saturated carbocycles. The second-order valence-electron chi connectivity index (χ2n) is 13.5. The molecule has 174 valence electrons. The van der Waals surface area contributed by atoms with Gasteiger partial charge in [0.2, 0.25) is 0 Å². The van der Waals surface area contributed by atoms with Crippen LogP contribution in [0, 0.1) is 52.3 Å². The van der Waals surface area contributed by atoms with Gasteiger partial charge in [-0.2, -0.15) is 0 Å². The van der Waals surface area contributed by atoms with Crippen LogP contribution in [-0.2, 0) is 0 Å². The molecule has 30 heavy (non-hydrogen) atoms. The first-order chi connectivity index (χ1) is 14.2. The molecule has 0 aromatic carbocycles. The molecule has 0 saturated heterocycles. The summed E-state index contributed by atoms with van der Waals surface area (Å²) >= 11 is 0. The van der Waals surface area contributed by atoms with Crippen LogP contribution in [-0.4, -0.2) is 25.0 Å². The maximum absolute atomic E-state index is 2.75. The third-order valence-corrected chi connectivity index (χ3v) is 11.5. The minimum Gasteiger partial charge on any atom is -0.306 e. The van der Waals surface area contributed by atoms with E-state index in [0.29, 0.717) is 10.8 Å². The zero-order chi connectivity index (χ0) is 21.7. The van der Waals surface area contributed by atoms with Gasteiger partial charge in [-0.1, -0.05) is 66.7 Å². The molecular weight excluding hydrogens is 362 g/mol. The lowest BCUT2D eigenvalue weighted by Crippen LogP contribution is -2.59. The number of hydrogen-bond donors (Lipinski definition) is 0. The summed E-state index contributed by atoms with van der Waals surface area (Å²) in [6.07, 6.45) is 18.0. The summed E-state index contributed by atoms with van der Waals surface area (Å²) in [6, 6.07) is 0.835. The molecule has 9 atom stereocenters. The van der Waals surface area contributed by atoms with Gasteiger partial charge in [0.05, 0.1) is 0 Å². The van der Waals surface area contributed by atoms with Gasteiger partial charge >= 0.3 is 0 Å². The molecule has 0 radical (unpaired) electrons. The second kappa shape index (κ2) is 8.72. The minimum atomic E-state index is 0.623. The van der Waals surface area contributed by atoms with Gasteiger partial charge in [-0.25, -0.2) is 0 Å². The van der Waals surface area contributed by atoms with Gasteiger partial charge in [-0.3, -0.25) is 0 Å². The van der Waals surface area contributed by atoms with Crippen LogP contribution in [0.3, 0.4) is 0 Å². The fourth-order valence-corrected chi connectivity index (χ4v) is 9.95. The molecular formula is C29H53N. The fourth-order valence-electron chi connectivity index (χ4n) is 9.95. The van der Waals surface area contributed by atoms with E-state index in [4.69, 9.17) is 0 Å². The van der Waals surface area contributed by atoms with Gasteiger partial charge in [-0.05, 0) is 111 Å². The first-order valence-electron chi connectivity index (χ1n) is 13.8. The van der Waals surface area contributed by atoms with Gasteiger partial charge in [0, 0.05) is 6.04 Å². The summed E-state index contributed by atoms with van der Waals surface area (Å²) in [6.45, 7) is 12.9. The Bertz CT molecular complexity index is 581. The van der Waals surface area contributed by atoms with Crippen molar-refractivity contribution >= 4 is 0 Å². The van der Waals surface area contributed by atoms with Crippen LogP contribution in [0.2, 0.25) is 0 Å². The van der Waals surface area contributed by atoms with Gasteiger partial charge in [-0.15, -0.1) is 0 Å². The predicted molar refractivity (Wildman–Crippen MR) is 131 cm³/mol. The average Bonchev–Trinajstić information content (AvgIpc) is 3.03. The van der Waals surface area contributed by atoms with Crippen LogP contribution in [0.1, 0.15) is 112 Å².